The van der Waals surface area contributed by atoms with E-state index in [1.807, 2.05) is 36.4 Å². The Kier molecular flexibility index (Phi) is 11.4. The van der Waals surface area contributed by atoms with Gasteiger partial charge >= 0.3 is 6.18 Å². The molecule has 0 aliphatic heterocycles. The highest BCUT2D eigenvalue weighted by molar-refractivity contribution is 7.09. The van der Waals surface area contributed by atoms with E-state index in [1.54, 1.807) is 11.3 Å². The smallest absolute Gasteiger partial charge is 0.416 e. The molecule has 2 spiro atoms. The minimum atomic E-state index is -4.59. The molecule has 2 heterocycles. The van der Waals surface area contributed by atoms with Crippen molar-refractivity contribution >= 4 is 28.7 Å². The zero-order valence-electron chi connectivity index (χ0n) is 35.2. The molecule has 2 aromatic heterocycles. The number of allylic oxidation sites excluding steroid dienone is 4. The van der Waals surface area contributed by atoms with Gasteiger partial charge in [-0.15, -0.1) is 11.3 Å². The number of halogens is 4. The zero-order chi connectivity index (χ0) is 43.7. The van der Waals surface area contributed by atoms with E-state index in [-0.39, 0.29) is 51.7 Å². The Labute approximate surface area is 370 Å². The molecule has 12 heteroatoms. The van der Waals surface area contributed by atoms with Crippen molar-refractivity contribution in [1.29, 1.82) is 0 Å². The lowest BCUT2D eigenvalue weighted by Crippen LogP contribution is -2.67. The van der Waals surface area contributed by atoms with E-state index in [0.717, 1.165) is 43.4 Å². The van der Waals surface area contributed by atoms with E-state index in [9.17, 15) is 28.5 Å². The third-order valence-corrected chi connectivity index (χ3v) is 17.2. The van der Waals surface area contributed by atoms with E-state index >= 15 is 4.79 Å². The Morgan fingerprint density at radius 3 is 2.50 bits per heavy atom. The van der Waals surface area contributed by atoms with Gasteiger partial charge in [-0.3, -0.25) is 9.69 Å². The van der Waals surface area contributed by atoms with Crippen molar-refractivity contribution in [2.45, 2.75) is 95.8 Å². The van der Waals surface area contributed by atoms with Crippen LogP contribution < -0.4 is 0 Å². The monoisotopic (exact) mass is 889 g/mol. The predicted octanol–water partition coefficient (Wildman–Crippen LogP) is 10.6. The number of Topliss-reactive ketones (excluding diaryl/α,β-unsaturated/α-hetero) is 1. The van der Waals surface area contributed by atoms with Gasteiger partial charge in [-0.2, -0.15) is 13.2 Å². The van der Waals surface area contributed by atoms with Crippen molar-refractivity contribution in [2.75, 3.05) is 26.2 Å². The number of furan rings is 1. The average molecular weight is 891 g/mol. The van der Waals surface area contributed by atoms with Crippen LogP contribution in [0.2, 0.25) is 5.02 Å². The van der Waals surface area contributed by atoms with Crippen LogP contribution >= 0.6 is 22.9 Å². The number of hydrogen-bond donors (Lipinski definition) is 3. The summed E-state index contributed by atoms with van der Waals surface area (Å²) in [6.45, 7) is 6.34. The number of hydrogen-bond acceptors (Lipinski definition) is 8. The second-order valence-corrected chi connectivity index (χ2v) is 20.7. The van der Waals surface area contributed by atoms with Crippen LogP contribution in [-0.4, -0.2) is 70.1 Å². The number of benzene rings is 2. The minimum Gasteiger partial charge on any atom is -0.453 e. The number of rotatable bonds is 14. The fraction of sp³-hybridized carbons (Fsp3) is 0.500. The van der Waals surface area contributed by atoms with Crippen LogP contribution in [0.4, 0.5) is 13.2 Å². The highest BCUT2D eigenvalue weighted by atomic mass is 35.5. The second kappa shape index (κ2) is 16.2. The SMILES string of the molecule is C[C@]12CC[C@H]3[C@]4(C=C[C@@]5(C=C4C(=O)c4ccc(-c6cc(C(F)(F)F)ccc6Cl)o4)CC(O)CC[C@]35C)[C@@H]1CC[C@@]2(O)CN(CCc1cccs1)C[C@@H](O)COCc1ccccc1. The van der Waals surface area contributed by atoms with Gasteiger partial charge in [0.2, 0.25) is 5.78 Å². The maximum atomic E-state index is 15.2. The molecule has 0 radical (unpaired) electrons. The maximum Gasteiger partial charge on any atom is 0.416 e. The number of nitrogens with zero attached hydrogens (tertiary/aromatic N) is 1. The number of carbonyl (C=O) groups is 1. The highest BCUT2D eigenvalue weighted by Gasteiger charge is 2.74. The lowest BCUT2D eigenvalue weighted by atomic mass is 9.32. The lowest BCUT2D eigenvalue weighted by Gasteiger charge is -2.71. The summed E-state index contributed by atoms with van der Waals surface area (Å²) in [5.41, 5.74) is -2.64. The summed E-state index contributed by atoms with van der Waals surface area (Å²) >= 11 is 8.11. The molecule has 3 saturated carbocycles. The molecular formula is C50H55ClF3NO6S. The summed E-state index contributed by atoms with van der Waals surface area (Å²) in [4.78, 5) is 18.6. The van der Waals surface area contributed by atoms with Crippen LogP contribution in [0.15, 0.2) is 106 Å². The molecule has 6 aliphatic carbocycles. The van der Waals surface area contributed by atoms with E-state index in [1.165, 1.54) is 23.1 Å². The fourth-order valence-corrected chi connectivity index (χ4v) is 13.7. The molecule has 9 atom stereocenters. The Hall–Kier alpha value is -3.55. The first kappa shape index (κ1) is 43.7. The number of aliphatic hydroxyl groups excluding tert-OH is 2. The number of fused-ring (bicyclic) bond motifs is 1. The second-order valence-electron chi connectivity index (χ2n) is 19.2. The number of carbonyl (C=O) groups excluding carboxylic acids is 1. The lowest BCUT2D eigenvalue weighted by molar-refractivity contribution is -0.177. The van der Waals surface area contributed by atoms with E-state index < -0.39 is 45.8 Å². The molecule has 330 valence electrons. The third kappa shape index (κ3) is 7.28. The quantitative estimate of drug-likeness (QED) is 0.0856. The van der Waals surface area contributed by atoms with Crippen LogP contribution in [0.25, 0.3) is 11.3 Å². The van der Waals surface area contributed by atoms with Crippen LogP contribution in [0.1, 0.15) is 85.4 Å². The predicted molar refractivity (Wildman–Crippen MR) is 234 cm³/mol. The summed E-state index contributed by atoms with van der Waals surface area (Å²) in [5, 5.41) is 37.8. The van der Waals surface area contributed by atoms with Crippen molar-refractivity contribution < 1.29 is 42.4 Å². The highest BCUT2D eigenvalue weighted by Crippen LogP contribution is 2.78. The van der Waals surface area contributed by atoms with Crippen molar-refractivity contribution in [3.8, 4) is 11.3 Å². The fourth-order valence-electron chi connectivity index (χ4n) is 12.8. The Morgan fingerprint density at radius 1 is 0.984 bits per heavy atom. The zero-order valence-corrected chi connectivity index (χ0v) is 36.7. The van der Waals surface area contributed by atoms with Crippen molar-refractivity contribution in [3.63, 3.8) is 0 Å². The maximum absolute atomic E-state index is 15.2. The van der Waals surface area contributed by atoms with Gasteiger partial charge in [-0.25, -0.2) is 0 Å². The van der Waals surface area contributed by atoms with Gasteiger partial charge in [0.05, 0.1) is 41.6 Å². The summed E-state index contributed by atoms with van der Waals surface area (Å²) in [6.07, 6.45) is 6.02. The minimum absolute atomic E-state index is 0.00650. The molecule has 62 heavy (non-hydrogen) atoms. The van der Waals surface area contributed by atoms with Crippen molar-refractivity contribution in [1.82, 2.24) is 4.90 Å². The van der Waals surface area contributed by atoms with Gasteiger partial charge < -0.3 is 24.5 Å². The van der Waals surface area contributed by atoms with Gasteiger partial charge in [0.15, 0.2) is 5.76 Å². The van der Waals surface area contributed by atoms with Gasteiger partial charge in [0, 0.05) is 51.9 Å². The van der Waals surface area contributed by atoms with Crippen LogP contribution in [0.3, 0.4) is 0 Å². The molecule has 6 aliphatic rings. The number of ketones is 1. The summed E-state index contributed by atoms with van der Waals surface area (Å²) in [6, 6.07) is 20.0. The summed E-state index contributed by atoms with van der Waals surface area (Å²) in [5.74, 6) is -0.385. The Morgan fingerprint density at radius 2 is 1.74 bits per heavy atom. The van der Waals surface area contributed by atoms with E-state index in [2.05, 4.69) is 48.4 Å². The first-order chi connectivity index (χ1) is 29.5. The summed E-state index contributed by atoms with van der Waals surface area (Å²) in [7, 11) is 0. The first-order valence-electron chi connectivity index (χ1n) is 21.9. The molecule has 3 fully saturated rings. The number of ether oxygens (including phenoxy) is 1. The third-order valence-electron chi connectivity index (χ3n) is 16.0. The van der Waals surface area contributed by atoms with Gasteiger partial charge in [-0.1, -0.05) is 80.1 Å². The standard InChI is InChI=1S/C50H55ClF3NO6S/c1-45-18-14-34(56)26-47(45)21-22-49(38(27-47)44(58)41-13-12-40(61-41)37-25-33(50(52,53)54)10-11-39(37)51)42(45)15-19-46(2)43(49)16-20-48(46,59)31-55(23-17-36-9-6-24-62-36)28-35(57)30-60-29-32-7-4-3-5-8-32/h3-13,21-22,24-25,27,34-35,42-43,56-57,59H,14-20,23,26,28-31H2,1-2H3/t34?,35-,42-,43-,45-,46+,47+,48-,49-/m1/s1. The van der Waals surface area contributed by atoms with Crippen LogP contribution in [0, 0.1) is 33.5 Å². The number of thiophene rings is 1. The molecular weight excluding hydrogens is 835 g/mol. The Balaban J connectivity index is 1.04. The van der Waals surface area contributed by atoms with Gasteiger partial charge in [-0.05, 0) is 116 Å². The number of alkyl halides is 3. The van der Waals surface area contributed by atoms with Crippen LogP contribution in [-0.2, 0) is 23.9 Å². The normalized spacial score (nSPS) is 32.9. The molecule has 1 unspecified atom stereocenters. The van der Waals surface area contributed by atoms with Crippen molar-refractivity contribution in [3.05, 3.63) is 129 Å². The van der Waals surface area contributed by atoms with Gasteiger partial charge in [0.1, 0.15) is 5.76 Å². The molecule has 7 nitrogen and oxygen atoms in total. The summed E-state index contributed by atoms with van der Waals surface area (Å²) < 4.78 is 53.4. The van der Waals surface area contributed by atoms with E-state index in [0.29, 0.717) is 57.5 Å². The average Bonchev–Trinajstić information content (AvgIpc) is 4.00. The molecule has 3 N–H and O–H groups in total. The molecule has 0 amide bonds. The van der Waals surface area contributed by atoms with Crippen LogP contribution in [0.5, 0.6) is 0 Å². The molecule has 2 bridgehead atoms. The van der Waals surface area contributed by atoms with Crippen molar-refractivity contribution in [2.24, 2.45) is 33.5 Å². The molecule has 2 aromatic carbocycles. The first-order valence-corrected chi connectivity index (χ1v) is 23.2. The van der Waals surface area contributed by atoms with Gasteiger partial charge in [0.25, 0.3) is 0 Å². The van der Waals surface area contributed by atoms with E-state index in [4.69, 9.17) is 20.8 Å². The molecule has 0 saturated heterocycles. The largest absolute Gasteiger partial charge is 0.453 e. The number of aliphatic hydroxyl groups is 3. The molecule has 4 aromatic rings. The topological polar surface area (TPSA) is 103 Å². The molecule has 10 rings (SSSR count). The Bertz CT molecular complexity index is 2350.